The van der Waals surface area contributed by atoms with Crippen molar-refractivity contribution in [2.24, 2.45) is 0 Å². The molecule has 1 aliphatic heterocycles. The fraction of sp³-hybridized carbons (Fsp3) is 0.500. The van der Waals surface area contributed by atoms with Gasteiger partial charge in [0.1, 0.15) is 5.82 Å². The van der Waals surface area contributed by atoms with E-state index in [1.807, 2.05) is 0 Å². The summed E-state index contributed by atoms with van der Waals surface area (Å²) in [5.41, 5.74) is 0.565. The fourth-order valence-corrected chi connectivity index (χ4v) is 2.20. The molecular formula is C12H16ClFN2. The predicted molar refractivity (Wildman–Crippen MR) is 64.1 cm³/mol. The molecule has 0 radical (unpaired) electrons. The molecule has 0 amide bonds. The first kappa shape index (κ1) is 11.8. The van der Waals surface area contributed by atoms with Crippen LogP contribution in [0, 0.1) is 5.82 Å². The summed E-state index contributed by atoms with van der Waals surface area (Å²) in [5, 5.41) is 7.14. The quantitative estimate of drug-likeness (QED) is 0.850. The molecule has 1 saturated heterocycles. The molecular weight excluding hydrogens is 227 g/mol. The van der Waals surface area contributed by atoms with E-state index in [4.69, 9.17) is 11.6 Å². The lowest BCUT2D eigenvalue weighted by molar-refractivity contribution is 0.386. The zero-order valence-corrected chi connectivity index (χ0v) is 9.86. The highest BCUT2D eigenvalue weighted by Crippen LogP contribution is 2.19. The lowest BCUT2D eigenvalue weighted by Crippen LogP contribution is -2.42. The van der Waals surface area contributed by atoms with Gasteiger partial charge in [0.2, 0.25) is 0 Å². The van der Waals surface area contributed by atoms with E-state index in [2.05, 4.69) is 10.6 Å². The van der Waals surface area contributed by atoms with Gasteiger partial charge in [-0.15, -0.1) is 0 Å². The van der Waals surface area contributed by atoms with Gasteiger partial charge in [-0.25, -0.2) is 4.39 Å². The molecule has 88 valence electrons. The third kappa shape index (κ3) is 2.94. The lowest BCUT2D eigenvalue weighted by atomic mass is 10.1. The Labute approximate surface area is 100 Å². The summed E-state index contributed by atoms with van der Waals surface area (Å²) < 4.78 is 13.5. The monoisotopic (exact) mass is 242 g/mol. The highest BCUT2D eigenvalue weighted by atomic mass is 35.5. The largest absolute Gasteiger partial charge is 0.315 e. The van der Waals surface area contributed by atoms with Crippen molar-refractivity contribution < 1.29 is 4.39 Å². The van der Waals surface area contributed by atoms with E-state index < -0.39 is 0 Å². The molecule has 1 aliphatic rings. The van der Waals surface area contributed by atoms with Gasteiger partial charge in [0, 0.05) is 29.7 Å². The van der Waals surface area contributed by atoms with Crippen LogP contribution in [-0.4, -0.2) is 19.1 Å². The lowest BCUT2D eigenvalue weighted by Gasteiger charge is -2.24. The molecule has 1 atom stereocenters. The topological polar surface area (TPSA) is 24.1 Å². The van der Waals surface area contributed by atoms with Gasteiger partial charge in [0.25, 0.3) is 0 Å². The van der Waals surface area contributed by atoms with Crippen molar-refractivity contribution in [1.82, 2.24) is 10.6 Å². The number of nitrogens with one attached hydrogen (secondary N) is 2. The van der Waals surface area contributed by atoms with Crippen LogP contribution < -0.4 is 10.6 Å². The van der Waals surface area contributed by atoms with Crippen LogP contribution in [0.4, 0.5) is 4.39 Å². The summed E-state index contributed by atoms with van der Waals surface area (Å²) in [6.45, 7) is 2.53. The van der Waals surface area contributed by atoms with Crippen LogP contribution in [-0.2, 0) is 6.54 Å². The van der Waals surface area contributed by atoms with Crippen LogP contribution in [0.1, 0.15) is 18.4 Å². The number of halogens is 2. The summed E-state index contributed by atoms with van der Waals surface area (Å²) in [4.78, 5) is 0. The molecule has 1 fully saturated rings. The Balaban J connectivity index is 1.93. The molecule has 0 aliphatic carbocycles. The normalized spacial score (nSPS) is 21.0. The number of rotatable bonds is 3. The zero-order valence-electron chi connectivity index (χ0n) is 9.10. The molecule has 16 heavy (non-hydrogen) atoms. The van der Waals surface area contributed by atoms with E-state index in [1.165, 1.54) is 12.5 Å². The standard InChI is InChI=1S/C12H16ClFN2/c13-11-4-1-5-12(14)10(11)8-16-9-3-2-6-15-7-9/h1,4-5,9,15-16H,2-3,6-8H2/t9-/m1/s1. The van der Waals surface area contributed by atoms with Crippen LogP contribution in [0.5, 0.6) is 0 Å². The number of benzene rings is 1. The highest BCUT2D eigenvalue weighted by Gasteiger charge is 2.13. The Kier molecular flexibility index (Phi) is 4.16. The summed E-state index contributed by atoms with van der Waals surface area (Å²) in [6.07, 6.45) is 2.31. The summed E-state index contributed by atoms with van der Waals surface area (Å²) in [7, 11) is 0. The molecule has 0 spiro atoms. The Morgan fingerprint density at radius 1 is 1.50 bits per heavy atom. The third-order valence-electron chi connectivity index (χ3n) is 2.93. The molecule has 2 rings (SSSR count). The van der Waals surface area contributed by atoms with E-state index >= 15 is 0 Å². The summed E-state index contributed by atoms with van der Waals surface area (Å²) in [6, 6.07) is 5.22. The molecule has 1 aromatic carbocycles. The maximum atomic E-state index is 13.5. The Morgan fingerprint density at radius 3 is 3.06 bits per heavy atom. The van der Waals surface area contributed by atoms with E-state index in [-0.39, 0.29) is 5.82 Å². The molecule has 1 aromatic rings. The van der Waals surface area contributed by atoms with Crippen molar-refractivity contribution in [3.63, 3.8) is 0 Å². The summed E-state index contributed by atoms with van der Waals surface area (Å²) in [5.74, 6) is -0.233. The first-order valence-corrected chi connectivity index (χ1v) is 6.02. The Hall–Kier alpha value is -0.640. The summed E-state index contributed by atoms with van der Waals surface area (Å²) >= 11 is 5.95. The van der Waals surface area contributed by atoms with Crippen LogP contribution >= 0.6 is 11.6 Å². The third-order valence-corrected chi connectivity index (χ3v) is 3.28. The molecule has 2 nitrogen and oxygen atoms in total. The number of hydrogen-bond acceptors (Lipinski definition) is 2. The predicted octanol–water partition coefficient (Wildman–Crippen LogP) is 2.32. The Bertz CT molecular complexity index is 331. The minimum absolute atomic E-state index is 0.233. The SMILES string of the molecule is Fc1cccc(Cl)c1CN[C@@H]1CCCNC1. The van der Waals surface area contributed by atoms with E-state index in [1.54, 1.807) is 12.1 Å². The highest BCUT2D eigenvalue weighted by molar-refractivity contribution is 6.31. The average Bonchev–Trinajstić information content (AvgIpc) is 2.30. The average molecular weight is 243 g/mol. The minimum Gasteiger partial charge on any atom is -0.315 e. The van der Waals surface area contributed by atoms with Gasteiger partial charge in [-0.3, -0.25) is 0 Å². The number of hydrogen-bond donors (Lipinski definition) is 2. The zero-order chi connectivity index (χ0) is 11.4. The Morgan fingerprint density at radius 2 is 2.38 bits per heavy atom. The molecule has 4 heteroatoms. The molecule has 0 unspecified atom stereocenters. The van der Waals surface area contributed by atoms with Crippen LogP contribution in [0.3, 0.4) is 0 Å². The first-order chi connectivity index (χ1) is 7.77. The second-order valence-electron chi connectivity index (χ2n) is 4.12. The second kappa shape index (κ2) is 5.62. The van der Waals surface area contributed by atoms with Gasteiger partial charge in [0.15, 0.2) is 0 Å². The number of piperidine rings is 1. The van der Waals surface area contributed by atoms with E-state index in [0.29, 0.717) is 23.2 Å². The van der Waals surface area contributed by atoms with E-state index in [9.17, 15) is 4.39 Å². The van der Waals surface area contributed by atoms with Crippen molar-refractivity contribution in [1.29, 1.82) is 0 Å². The van der Waals surface area contributed by atoms with Gasteiger partial charge >= 0.3 is 0 Å². The van der Waals surface area contributed by atoms with Crippen molar-refractivity contribution in [2.75, 3.05) is 13.1 Å². The van der Waals surface area contributed by atoms with Crippen LogP contribution in [0.25, 0.3) is 0 Å². The van der Waals surface area contributed by atoms with Crippen molar-refractivity contribution in [3.8, 4) is 0 Å². The first-order valence-electron chi connectivity index (χ1n) is 5.64. The fourth-order valence-electron chi connectivity index (χ4n) is 1.97. The van der Waals surface area contributed by atoms with Gasteiger partial charge < -0.3 is 10.6 Å². The molecule has 1 heterocycles. The van der Waals surface area contributed by atoms with Crippen molar-refractivity contribution >= 4 is 11.6 Å². The van der Waals surface area contributed by atoms with Crippen LogP contribution in [0.2, 0.25) is 5.02 Å². The molecule has 0 aromatic heterocycles. The maximum Gasteiger partial charge on any atom is 0.129 e. The second-order valence-corrected chi connectivity index (χ2v) is 4.53. The van der Waals surface area contributed by atoms with Gasteiger partial charge in [0.05, 0.1) is 0 Å². The van der Waals surface area contributed by atoms with Gasteiger partial charge in [-0.1, -0.05) is 17.7 Å². The van der Waals surface area contributed by atoms with E-state index in [0.717, 1.165) is 19.5 Å². The minimum atomic E-state index is -0.233. The van der Waals surface area contributed by atoms with Gasteiger partial charge in [-0.05, 0) is 31.5 Å². The van der Waals surface area contributed by atoms with Crippen molar-refractivity contribution in [2.45, 2.75) is 25.4 Å². The molecule has 0 saturated carbocycles. The molecule has 0 bridgehead atoms. The molecule has 2 N–H and O–H groups in total. The maximum absolute atomic E-state index is 13.5. The van der Waals surface area contributed by atoms with Crippen molar-refractivity contribution in [3.05, 3.63) is 34.6 Å². The van der Waals surface area contributed by atoms with Gasteiger partial charge in [-0.2, -0.15) is 0 Å². The van der Waals surface area contributed by atoms with Crippen LogP contribution in [0.15, 0.2) is 18.2 Å². The smallest absolute Gasteiger partial charge is 0.129 e.